The molecule has 0 bridgehead atoms. The molecule has 0 aliphatic carbocycles. The van der Waals surface area contributed by atoms with Gasteiger partial charge in [0.2, 0.25) is 0 Å². The van der Waals surface area contributed by atoms with Crippen molar-refractivity contribution in [2.75, 3.05) is 50.6 Å². The minimum absolute atomic E-state index is 0.702. The lowest BCUT2D eigenvalue weighted by molar-refractivity contribution is -0.564. The van der Waals surface area contributed by atoms with Crippen molar-refractivity contribution in [3.05, 3.63) is 66.7 Å². The third-order valence-electron chi connectivity index (χ3n) is 5.80. The Bertz CT molecular complexity index is 1160. The smallest absolute Gasteiger partial charge is 0.353 e. The van der Waals surface area contributed by atoms with Gasteiger partial charge in [-0.15, -0.1) is 4.52 Å². The molecule has 7 heteroatoms. The molecule has 7 nitrogen and oxygen atoms in total. The van der Waals surface area contributed by atoms with Crippen LogP contribution < -0.4 is 19.5 Å². The van der Waals surface area contributed by atoms with Crippen molar-refractivity contribution in [2.24, 2.45) is 0 Å². The number of H-pyrrole nitrogens is 1. The Morgan fingerprint density at radius 2 is 1.68 bits per heavy atom. The Kier molecular flexibility index (Phi) is 5.18. The predicted molar refractivity (Wildman–Crippen MR) is 123 cm³/mol. The molecule has 31 heavy (non-hydrogen) atoms. The summed E-state index contributed by atoms with van der Waals surface area (Å²) in [5.74, 6) is 1.54. The van der Waals surface area contributed by atoms with Gasteiger partial charge < -0.3 is 19.9 Å². The second-order valence-corrected chi connectivity index (χ2v) is 7.87. The second kappa shape index (κ2) is 8.28. The molecule has 0 saturated carbocycles. The van der Waals surface area contributed by atoms with Crippen LogP contribution >= 0.6 is 0 Å². The number of hydrogen-bond acceptors (Lipinski definition) is 5. The fourth-order valence-corrected chi connectivity index (χ4v) is 3.95. The molecule has 2 aromatic carbocycles. The molecule has 2 aromatic heterocycles. The number of benzene rings is 2. The Balaban J connectivity index is 1.36. The first-order valence-electron chi connectivity index (χ1n) is 10.6. The van der Waals surface area contributed by atoms with E-state index in [-0.39, 0.29) is 0 Å². The highest BCUT2D eigenvalue weighted by Crippen LogP contribution is 2.22. The molecule has 1 fully saturated rings. The van der Waals surface area contributed by atoms with E-state index < -0.39 is 0 Å². The molecule has 0 amide bonds. The van der Waals surface area contributed by atoms with Gasteiger partial charge in [0.1, 0.15) is 5.75 Å². The molecule has 0 spiro atoms. The van der Waals surface area contributed by atoms with Gasteiger partial charge in [-0.1, -0.05) is 0 Å². The zero-order valence-electron chi connectivity index (χ0n) is 17.9. The van der Waals surface area contributed by atoms with E-state index in [1.807, 2.05) is 40.9 Å². The van der Waals surface area contributed by atoms with Crippen LogP contribution in [0.3, 0.4) is 0 Å². The highest BCUT2D eigenvalue weighted by molar-refractivity contribution is 5.61. The normalized spacial score (nSPS) is 14.7. The molecule has 158 valence electrons. The summed E-state index contributed by atoms with van der Waals surface area (Å²) in [5, 5.41) is 6.76. The summed E-state index contributed by atoms with van der Waals surface area (Å²) >= 11 is 0. The number of aromatic amines is 1. The van der Waals surface area contributed by atoms with Crippen LogP contribution in [0.1, 0.15) is 0 Å². The summed E-state index contributed by atoms with van der Waals surface area (Å²) in [5.41, 5.74) is 5.24. The number of ether oxygens (including phenoxy) is 1. The molecule has 1 aliphatic heterocycles. The average Bonchev–Trinajstić information content (AvgIpc) is 3.23. The lowest BCUT2D eigenvalue weighted by Gasteiger charge is -2.34. The van der Waals surface area contributed by atoms with E-state index in [1.54, 1.807) is 7.11 Å². The first kappa shape index (κ1) is 19.4. The Morgan fingerprint density at radius 1 is 0.935 bits per heavy atom. The fourth-order valence-electron chi connectivity index (χ4n) is 3.95. The van der Waals surface area contributed by atoms with E-state index in [0.29, 0.717) is 5.95 Å². The third kappa shape index (κ3) is 4.04. The summed E-state index contributed by atoms with van der Waals surface area (Å²) in [4.78, 5) is 9.50. The van der Waals surface area contributed by atoms with Crippen LogP contribution in [0.2, 0.25) is 0 Å². The van der Waals surface area contributed by atoms with Crippen molar-refractivity contribution in [1.82, 2.24) is 15.0 Å². The molecular weight excluding hydrogens is 388 g/mol. The number of nitrogens with one attached hydrogen (secondary N) is 2. The van der Waals surface area contributed by atoms with Crippen LogP contribution in [-0.2, 0) is 0 Å². The van der Waals surface area contributed by atoms with Crippen LogP contribution in [0, 0.1) is 0 Å². The van der Waals surface area contributed by atoms with E-state index in [2.05, 4.69) is 57.6 Å². The molecule has 1 aliphatic rings. The molecule has 1 saturated heterocycles. The number of pyridine rings is 1. The number of piperazine rings is 1. The summed E-state index contributed by atoms with van der Waals surface area (Å²) in [6, 6.07) is 22.7. The summed E-state index contributed by atoms with van der Waals surface area (Å²) in [7, 11) is 3.85. The molecule has 3 heterocycles. The van der Waals surface area contributed by atoms with Crippen LogP contribution in [0.5, 0.6) is 5.75 Å². The van der Waals surface area contributed by atoms with Gasteiger partial charge >= 0.3 is 11.6 Å². The zero-order chi connectivity index (χ0) is 21.2. The van der Waals surface area contributed by atoms with Crippen LogP contribution in [-0.4, -0.2) is 55.3 Å². The highest BCUT2D eigenvalue weighted by Gasteiger charge is 2.18. The topological polar surface area (TPSA) is 60.5 Å². The molecule has 4 aromatic rings. The van der Waals surface area contributed by atoms with E-state index in [4.69, 9.17) is 9.72 Å². The quantitative estimate of drug-likeness (QED) is 0.490. The maximum absolute atomic E-state index is 5.27. The van der Waals surface area contributed by atoms with Crippen molar-refractivity contribution >= 4 is 23.0 Å². The number of hydrogen-bond donors (Lipinski definition) is 2. The number of methoxy groups -OCH3 is 1. The van der Waals surface area contributed by atoms with E-state index in [1.165, 1.54) is 5.69 Å². The van der Waals surface area contributed by atoms with E-state index in [0.717, 1.165) is 54.5 Å². The van der Waals surface area contributed by atoms with Gasteiger partial charge in [-0.25, -0.2) is 0 Å². The molecule has 2 N–H and O–H groups in total. The Hall–Kier alpha value is -3.58. The van der Waals surface area contributed by atoms with Gasteiger partial charge in [-0.05, 0) is 67.7 Å². The van der Waals surface area contributed by atoms with Gasteiger partial charge in [0.05, 0.1) is 7.11 Å². The SMILES string of the molecule is COc1ccc(-c2cccc3nc(Nc4ccc(N5CCN(C)CC5)cc4)[nH][n+]23)cc1. The lowest BCUT2D eigenvalue weighted by atomic mass is 10.1. The average molecular weight is 416 g/mol. The number of likely N-dealkylation sites (N-methyl/N-ethyl adjacent to an activating group) is 1. The van der Waals surface area contributed by atoms with Crippen molar-refractivity contribution in [1.29, 1.82) is 0 Å². The van der Waals surface area contributed by atoms with Gasteiger partial charge in [-0.2, -0.15) is 5.10 Å². The highest BCUT2D eigenvalue weighted by atomic mass is 16.5. The van der Waals surface area contributed by atoms with Crippen molar-refractivity contribution in [2.45, 2.75) is 0 Å². The molecule has 0 atom stereocenters. The Labute approximate surface area is 181 Å². The lowest BCUT2D eigenvalue weighted by Crippen LogP contribution is -2.44. The van der Waals surface area contributed by atoms with E-state index in [9.17, 15) is 0 Å². The van der Waals surface area contributed by atoms with Crippen molar-refractivity contribution in [3.63, 3.8) is 0 Å². The summed E-state index contributed by atoms with van der Waals surface area (Å²) in [6.45, 7) is 4.34. The minimum atomic E-state index is 0.702. The number of anilines is 3. The van der Waals surface area contributed by atoms with E-state index >= 15 is 0 Å². The second-order valence-electron chi connectivity index (χ2n) is 7.87. The third-order valence-corrected chi connectivity index (χ3v) is 5.80. The first-order chi connectivity index (χ1) is 15.2. The molecular formula is C24H27N6O+. The van der Waals surface area contributed by atoms with Crippen molar-refractivity contribution < 1.29 is 9.25 Å². The Morgan fingerprint density at radius 3 is 2.39 bits per heavy atom. The van der Waals surface area contributed by atoms with Crippen LogP contribution in [0.4, 0.5) is 17.3 Å². The zero-order valence-corrected chi connectivity index (χ0v) is 17.9. The van der Waals surface area contributed by atoms with Gasteiger partial charge in [0.25, 0.3) is 0 Å². The molecule has 0 radical (unpaired) electrons. The van der Waals surface area contributed by atoms with Crippen LogP contribution in [0.25, 0.3) is 16.9 Å². The standard InChI is InChI=1S/C24H26N6O/c1-28-14-16-29(17-15-28)20-10-8-19(9-11-20)25-24-26-23-5-3-4-22(30(23)27-24)18-6-12-21(31-2)13-7-18/h3-13H,14-17H2,1-2H3,(H,25,27)/p+1. The minimum Gasteiger partial charge on any atom is -0.497 e. The largest absolute Gasteiger partial charge is 0.497 e. The monoisotopic (exact) mass is 415 g/mol. The number of rotatable bonds is 5. The molecule has 0 unspecified atom stereocenters. The maximum Gasteiger partial charge on any atom is 0.353 e. The maximum atomic E-state index is 5.27. The van der Waals surface area contributed by atoms with Crippen molar-refractivity contribution in [3.8, 4) is 17.0 Å². The number of nitrogens with zero attached hydrogens (tertiary/aromatic N) is 4. The van der Waals surface area contributed by atoms with Crippen LogP contribution in [0.15, 0.2) is 66.7 Å². The summed E-state index contributed by atoms with van der Waals surface area (Å²) < 4.78 is 7.26. The first-order valence-corrected chi connectivity index (χ1v) is 10.6. The van der Waals surface area contributed by atoms with Gasteiger partial charge in [0.15, 0.2) is 5.69 Å². The fraction of sp³-hybridized carbons (Fsp3) is 0.250. The van der Waals surface area contributed by atoms with Gasteiger partial charge in [0, 0.05) is 54.2 Å². The molecule has 5 rings (SSSR count). The number of fused-ring (bicyclic) bond motifs is 1. The van der Waals surface area contributed by atoms with Gasteiger partial charge in [-0.3, -0.25) is 0 Å². The number of aromatic nitrogens is 3. The summed E-state index contributed by atoms with van der Waals surface area (Å²) in [6.07, 6.45) is 0. The predicted octanol–water partition coefficient (Wildman–Crippen LogP) is 3.32.